The lowest BCUT2D eigenvalue weighted by Crippen LogP contribution is -2.25. The van der Waals surface area contributed by atoms with Gasteiger partial charge < -0.3 is 9.42 Å². The monoisotopic (exact) mass is 291 g/mol. The van der Waals surface area contributed by atoms with Crippen LogP contribution in [0.4, 0.5) is 0 Å². The second-order valence-electron chi connectivity index (χ2n) is 4.89. The maximum atomic E-state index is 11.3. The van der Waals surface area contributed by atoms with Crippen molar-refractivity contribution in [2.75, 3.05) is 13.1 Å². The minimum Gasteiger partial charge on any atom is -0.342 e. The zero-order valence-electron chi connectivity index (χ0n) is 11.0. The molecule has 2 aromatic rings. The Bertz CT molecular complexity index is 641. The Labute approximate surface area is 121 Å². The summed E-state index contributed by atoms with van der Waals surface area (Å²) >= 11 is 6.12. The number of likely N-dealkylation sites (tertiary alicyclic amines) is 1. The Balaban J connectivity index is 1.81. The molecule has 1 unspecified atom stereocenters. The summed E-state index contributed by atoms with van der Waals surface area (Å²) in [5.41, 5.74) is 0.755. The predicted molar refractivity (Wildman–Crippen MR) is 74.4 cm³/mol. The van der Waals surface area contributed by atoms with Gasteiger partial charge in [0.2, 0.25) is 17.6 Å². The molecule has 0 N–H and O–H groups in total. The molecule has 1 atom stereocenters. The minimum atomic E-state index is 0.0818. The van der Waals surface area contributed by atoms with Gasteiger partial charge in [-0.15, -0.1) is 0 Å². The lowest BCUT2D eigenvalue weighted by Gasteiger charge is -2.11. The smallest absolute Gasteiger partial charge is 0.231 e. The number of hydrogen-bond acceptors (Lipinski definition) is 4. The van der Waals surface area contributed by atoms with Gasteiger partial charge in [0.05, 0.1) is 10.9 Å². The maximum absolute atomic E-state index is 11.3. The number of hydrogen-bond donors (Lipinski definition) is 0. The van der Waals surface area contributed by atoms with Gasteiger partial charge >= 0.3 is 0 Å². The second-order valence-corrected chi connectivity index (χ2v) is 5.29. The van der Waals surface area contributed by atoms with Crippen LogP contribution < -0.4 is 0 Å². The van der Waals surface area contributed by atoms with Crippen LogP contribution in [0.25, 0.3) is 11.4 Å². The Morgan fingerprint density at radius 1 is 1.45 bits per heavy atom. The van der Waals surface area contributed by atoms with E-state index in [-0.39, 0.29) is 11.8 Å². The highest BCUT2D eigenvalue weighted by atomic mass is 35.5. The van der Waals surface area contributed by atoms with Crippen LogP contribution in [-0.2, 0) is 4.79 Å². The highest BCUT2D eigenvalue weighted by Gasteiger charge is 2.29. The zero-order chi connectivity index (χ0) is 14.1. The number of nitrogens with zero attached hydrogens (tertiary/aromatic N) is 3. The summed E-state index contributed by atoms with van der Waals surface area (Å²) in [7, 11) is 0. The molecule has 0 spiro atoms. The van der Waals surface area contributed by atoms with Gasteiger partial charge in [0.25, 0.3) is 0 Å². The van der Waals surface area contributed by atoms with Crippen molar-refractivity contribution >= 4 is 17.5 Å². The SMILES string of the molecule is CC(=O)N1CCC(c2nc(-c3ccccc3Cl)no2)C1. The number of carbonyl (C=O) groups excluding carboxylic acids is 1. The van der Waals surface area contributed by atoms with Crippen LogP contribution in [0.5, 0.6) is 0 Å². The van der Waals surface area contributed by atoms with E-state index in [4.69, 9.17) is 16.1 Å². The fourth-order valence-electron chi connectivity index (χ4n) is 2.40. The van der Waals surface area contributed by atoms with Crippen LogP contribution in [0.15, 0.2) is 28.8 Å². The number of amides is 1. The van der Waals surface area contributed by atoms with Gasteiger partial charge in [-0.05, 0) is 18.6 Å². The number of halogens is 1. The third-order valence-electron chi connectivity index (χ3n) is 3.54. The lowest BCUT2D eigenvalue weighted by molar-refractivity contribution is -0.127. The predicted octanol–water partition coefficient (Wildman–Crippen LogP) is 2.73. The van der Waals surface area contributed by atoms with Gasteiger partial charge in [0.15, 0.2) is 0 Å². The van der Waals surface area contributed by atoms with E-state index in [0.717, 1.165) is 18.5 Å². The van der Waals surface area contributed by atoms with Crippen molar-refractivity contribution in [3.63, 3.8) is 0 Å². The molecular weight excluding hydrogens is 278 g/mol. The van der Waals surface area contributed by atoms with Crippen LogP contribution >= 0.6 is 11.6 Å². The molecule has 2 heterocycles. The molecule has 1 aromatic heterocycles. The molecule has 1 aliphatic rings. The van der Waals surface area contributed by atoms with Crippen molar-refractivity contribution in [3.8, 4) is 11.4 Å². The zero-order valence-corrected chi connectivity index (χ0v) is 11.8. The summed E-state index contributed by atoms with van der Waals surface area (Å²) in [6.45, 7) is 2.95. The summed E-state index contributed by atoms with van der Waals surface area (Å²) in [4.78, 5) is 17.5. The molecule has 3 rings (SSSR count). The van der Waals surface area contributed by atoms with Gasteiger partial charge in [-0.25, -0.2) is 0 Å². The van der Waals surface area contributed by atoms with E-state index in [2.05, 4.69) is 10.1 Å². The molecule has 0 saturated carbocycles. The van der Waals surface area contributed by atoms with Crippen molar-refractivity contribution in [1.29, 1.82) is 0 Å². The molecule has 6 heteroatoms. The molecule has 1 amide bonds. The number of rotatable bonds is 2. The first-order valence-electron chi connectivity index (χ1n) is 6.49. The van der Waals surface area contributed by atoms with Crippen LogP contribution in [0.2, 0.25) is 5.02 Å². The summed E-state index contributed by atoms with van der Waals surface area (Å²) in [5.74, 6) is 1.26. The highest BCUT2D eigenvalue weighted by molar-refractivity contribution is 6.33. The van der Waals surface area contributed by atoms with E-state index in [1.165, 1.54) is 0 Å². The fraction of sp³-hybridized carbons (Fsp3) is 0.357. The van der Waals surface area contributed by atoms with E-state index in [1.807, 2.05) is 18.2 Å². The van der Waals surface area contributed by atoms with E-state index >= 15 is 0 Å². The number of benzene rings is 1. The number of aromatic nitrogens is 2. The molecule has 1 aliphatic heterocycles. The highest BCUT2D eigenvalue weighted by Crippen LogP contribution is 2.30. The molecule has 0 bridgehead atoms. The van der Waals surface area contributed by atoms with Crippen molar-refractivity contribution in [1.82, 2.24) is 15.0 Å². The molecule has 1 saturated heterocycles. The summed E-state index contributed by atoms with van der Waals surface area (Å²) in [6.07, 6.45) is 0.851. The third kappa shape index (κ3) is 2.41. The Kier molecular flexibility index (Phi) is 3.44. The Morgan fingerprint density at radius 3 is 2.95 bits per heavy atom. The second kappa shape index (κ2) is 5.25. The third-order valence-corrected chi connectivity index (χ3v) is 3.87. The molecule has 104 valence electrons. The molecule has 1 aromatic carbocycles. The van der Waals surface area contributed by atoms with Crippen LogP contribution in [0, 0.1) is 0 Å². The number of carbonyl (C=O) groups is 1. The molecule has 20 heavy (non-hydrogen) atoms. The van der Waals surface area contributed by atoms with Gasteiger partial charge in [-0.2, -0.15) is 4.98 Å². The van der Waals surface area contributed by atoms with Crippen molar-refractivity contribution < 1.29 is 9.32 Å². The van der Waals surface area contributed by atoms with Crippen LogP contribution in [-0.4, -0.2) is 34.0 Å². The normalized spacial score (nSPS) is 18.5. The molecular formula is C14H14ClN3O2. The fourth-order valence-corrected chi connectivity index (χ4v) is 2.62. The van der Waals surface area contributed by atoms with Crippen LogP contribution in [0.1, 0.15) is 25.2 Å². The standard InChI is InChI=1S/C14H14ClN3O2/c1-9(19)18-7-6-10(8-18)14-16-13(17-20-14)11-4-2-3-5-12(11)15/h2-5,10H,6-8H2,1H3. The first kappa shape index (κ1) is 13.1. The average Bonchev–Trinajstić information content (AvgIpc) is 3.08. The topological polar surface area (TPSA) is 59.2 Å². The molecule has 0 aliphatic carbocycles. The maximum Gasteiger partial charge on any atom is 0.231 e. The van der Waals surface area contributed by atoms with E-state index in [1.54, 1.807) is 17.9 Å². The Hall–Kier alpha value is -1.88. The van der Waals surface area contributed by atoms with Gasteiger partial charge in [-0.1, -0.05) is 28.9 Å². The van der Waals surface area contributed by atoms with Crippen LogP contribution in [0.3, 0.4) is 0 Å². The van der Waals surface area contributed by atoms with Gasteiger partial charge in [-0.3, -0.25) is 4.79 Å². The van der Waals surface area contributed by atoms with E-state index in [0.29, 0.717) is 23.3 Å². The molecule has 0 radical (unpaired) electrons. The van der Waals surface area contributed by atoms with E-state index in [9.17, 15) is 4.79 Å². The molecule has 1 fully saturated rings. The van der Waals surface area contributed by atoms with Crippen molar-refractivity contribution in [2.45, 2.75) is 19.3 Å². The first-order chi connectivity index (χ1) is 9.65. The summed E-state index contributed by atoms with van der Waals surface area (Å²) < 4.78 is 5.33. The van der Waals surface area contributed by atoms with Gasteiger partial charge in [0, 0.05) is 25.6 Å². The van der Waals surface area contributed by atoms with Crippen molar-refractivity contribution in [3.05, 3.63) is 35.2 Å². The van der Waals surface area contributed by atoms with Crippen molar-refractivity contribution in [2.24, 2.45) is 0 Å². The van der Waals surface area contributed by atoms with Gasteiger partial charge in [0.1, 0.15) is 0 Å². The average molecular weight is 292 g/mol. The molecule has 5 nitrogen and oxygen atoms in total. The lowest BCUT2D eigenvalue weighted by atomic mass is 10.1. The first-order valence-corrected chi connectivity index (χ1v) is 6.87. The quantitative estimate of drug-likeness (QED) is 0.853. The summed E-state index contributed by atoms with van der Waals surface area (Å²) in [5, 5.41) is 4.58. The minimum absolute atomic E-state index is 0.0818. The van der Waals surface area contributed by atoms with E-state index < -0.39 is 0 Å². The Morgan fingerprint density at radius 2 is 2.25 bits per heavy atom. The summed E-state index contributed by atoms with van der Waals surface area (Å²) in [6, 6.07) is 7.38. The largest absolute Gasteiger partial charge is 0.342 e.